The Labute approximate surface area is 255 Å². The number of carbonyl (C=O) groups is 1. The summed E-state index contributed by atoms with van der Waals surface area (Å²) in [6.45, 7) is 5.39. The monoisotopic (exact) mass is 664 g/mol. The molecule has 1 aliphatic carbocycles. The van der Waals surface area contributed by atoms with Crippen LogP contribution in [-0.4, -0.2) is 58.1 Å². The number of esters is 1. The van der Waals surface area contributed by atoms with Gasteiger partial charge in [-0.2, -0.15) is 0 Å². The van der Waals surface area contributed by atoms with E-state index in [1.165, 1.54) is 38.4 Å². The first-order chi connectivity index (χ1) is 20.0. The van der Waals surface area contributed by atoms with E-state index in [9.17, 15) is 4.79 Å². The van der Waals surface area contributed by atoms with Crippen molar-refractivity contribution in [2.75, 3.05) is 36.1 Å². The molecule has 6 rings (SSSR count). The fraction of sp³-hybridized carbons (Fsp3) is 0.394. The molecular weight excluding hydrogens is 627 g/mol. The van der Waals surface area contributed by atoms with Crippen LogP contribution in [-0.2, 0) is 4.74 Å². The average molecular weight is 665 g/mol. The van der Waals surface area contributed by atoms with E-state index in [4.69, 9.17) is 9.47 Å². The molecule has 1 spiro atoms. The number of hydrogen-bond acceptors (Lipinski definition) is 6. The number of aromatic nitrogens is 2. The van der Waals surface area contributed by atoms with Crippen LogP contribution in [0.1, 0.15) is 54.6 Å². The Bertz CT molecular complexity index is 1490. The molecule has 1 unspecified atom stereocenters. The summed E-state index contributed by atoms with van der Waals surface area (Å²) in [6, 6.07) is 21.8. The molecule has 0 radical (unpaired) electrons. The summed E-state index contributed by atoms with van der Waals surface area (Å²) in [7, 11) is 1.39. The zero-order valence-electron chi connectivity index (χ0n) is 23.7. The number of ether oxygens (including phenoxy) is 2. The lowest BCUT2D eigenvalue weighted by molar-refractivity contribution is -0.0295. The minimum atomic E-state index is -0.416. The van der Waals surface area contributed by atoms with Crippen LogP contribution < -0.4 is 9.64 Å². The van der Waals surface area contributed by atoms with Crippen molar-refractivity contribution in [3.8, 4) is 11.5 Å². The van der Waals surface area contributed by atoms with Crippen LogP contribution in [0.15, 0.2) is 73.1 Å². The molecule has 7 nitrogen and oxygen atoms in total. The van der Waals surface area contributed by atoms with Crippen LogP contribution in [0.25, 0.3) is 11.0 Å². The first-order valence-corrected chi connectivity index (χ1v) is 16.0. The lowest BCUT2D eigenvalue weighted by Gasteiger charge is -2.56. The van der Waals surface area contributed by atoms with Crippen molar-refractivity contribution < 1.29 is 14.3 Å². The van der Waals surface area contributed by atoms with Crippen molar-refractivity contribution in [3.05, 3.63) is 84.2 Å². The highest BCUT2D eigenvalue weighted by Crippen LogP contribution is 2.52. The summed E-state index contributed by atoms with van der Waals surface area (Å²) in [5.41, 5.74) is 4.13. The lowest BCUT2D eigenvalue weighted by atomic mass is 9.59. The molecule has 1 atom stereocenters. The van der Waals surface area contributed by atoms with Crippen molar-refractivity contribution >= 4 is 45.3 Å². The summed E-state index contributed by atoms with van der Waals surface area (Å²) in [6.07, 6.45) is 8.44. The number of carbonyl (C=O) groups excluding carboxylic acids is 1. The summed E-state index contributed by atoms with van der Waals surface area (Å²) in [4.78, 5) is 25.2. The SMILES string of the molecule is CCN(C1CC2(CCN(c3ccc(C(=O)OC)c(Oc4cnc5[nH]ccc5c4)c3)CC2)C1)C(CI)c1ccccc1. The number of rotatable bonds is 9. The maximum absolute atomic E-state index is 12.5. The van der Waals surface area contributed by atoms with Gasteiger partial charge in [-0.1, -0.05) is 59.8 Å². The molecular formula is C33H37IN4O3. The molecule has 41 heavy (non-hydrogen) atoms. The third kappa shape index (κ3) is 5.68. The smallest absolute Gasteiger partial charge is 0.341 e. The van der Waals surface area contributed by atoms with Crippen LogP contribution in [0.5, 0.6) is 11.5 Å². The second-order valence-corrected chi connectivity index (χ2v) is 12.2. The summed E-state index contributed by atoms with van der Waals surface area (Å²) < 4.78 is 12.4. The van der Waals surface area contributed by atoms with Gasteiger partial charge in [0.25, 0.3) is 0 Å². The zero-order valence-corrected chi connectivity index (χ0v) is 25.8. The zero-order chi connectivity index (χ0) is 28.4. The third-order valence-electron chi connectivity index (χ3n) is 9.06. The van der Waals surface area contributed by atoms with Crippen LogP contribution in [0.2, 0.25) is 0 Å². The van der Waals surface area contributed by atoms with Gasteiger partial charge in [-0.15, -0.1) is 0 Å². The van der Waals surface area contributed by atoms with Gasteiger partial charge < -0.3 is 19.4 Å². The van der Waals surface area contributed by atoms with E-state index in [0.717, 1.165) is 40.8 Å². The van der Waals surface area contributed by atoms with Crippen LogP contribution in [0, 0.1) is 5.41 Å². The van der Waals surface area contributed by atoms with Gasteiger partial charge in [0.15, 0.2) is 0 Å². The van der Waals surface area contributed by atoms with Crippen molar-refractivity contribution in [2.24, 2.45) is 5.41 Å². The number of pyridine rings is 1. The summed E-state index contributed by atoms with van der Waals surface area (Å²) in [5, 5.41) is 0.952. The fourth-order valence-corrected chi connectivity index (χ4v) is 7.79. The normalized spacial score (nSPS) is 17.5. The number of piperidine rings is 1. The topological polar surface area (TPSA) is 70.7 Å². The van der Waals surface area contributed by atoms with Crippen molar-refractivity contribution in [3.63, 3.8) is 0 Å². The van der Waals surface area contributed by atoms with Gasteiger partial charge in [-0.3, -0.25) is 4.90 Å². The summed E-state index contributed by atoms with van der Waals surface area (Å²) >= 11 is 2.55. The van der Waals surface area contributed by atoms with Gasteiger partial charge in [0.05, 0.1) is 13.3 Å². The number of methoxy groups -OCH3 is 1. The van der Waals surface area contributed by atoms with Crippen molar-refractivity contribution in [1.29, 1.82) is 0 Å². The number of aromatic amines is 1. The second kappa shape index (κ2) is 12.0. The van der Waals surface area contributed by atoms with E-state index in [0.29, 0.717) is 34.6 Å². The van der Waals surface area contributed by atoms with Crippen molar-refractivity contribution in [2.45, 2.75) is 44.7 Å². The molecule has 1 saturated carbocycles. The maximum atomic E-state index is 12.5. The lowest BCUT2D eigenvalue weighted by Crippen LogP contribution is -2.56. The number of H-pyrrole nitrogens is 1. The van der Waals surface area contributed by atoms with Gasteiger partial charge >= 0.3 is 5.97 Å². The Hall–Kier alpha value is -3.11. The Balaban J connectivity index is 1.13. The Morgan fingerprint density at radius 2 is 1.93 bits per heavy atom. The maximum Gasteiger partial charge on any atom is 0.341 e. The van der Waals surface area contributed by atoms with Crippen LogP contribution in [0.4, 0.5) is 5.69 Å². The van der Waals surface area contributed by atoms with Gasteiger partial charge in [-0.05, 0) is 67.5 Å². The molecule has 2 aromatic carbocycles. The first kappa shape index (κ1) is 28.0. The quantitative estimate of drug-likeness (QED) is 0.114. The molecule has 2 aromatic heterocycles. The highest BCUT2D eigenvalue weighted by atomic mass is 127. The predicted octanol–water partition coefficient (Wildman–Crippen LogP) is 7.39. The van der Waals surface area contributed by atoms with E-state index in [1.807, 2.05) is 36.5 Å². The van der Waals surface area contributed by atoms with E-state index < -0.39 is 5.97 Å². The van der Waals surface area contributed by atoms with E-state index in [-0.39, 0.29) is 0 Å². The molecule has 0 amide bonds. The molecule has 3 heterocycles. The highest BCUT2D eigenvalue weighted by molar-refractivity contribution is 14.1. The number of nitrogens with zero attached hydrogens (tertiary/aromatic N) is 3. The number of alkyl halides is 1. The molecule has 2 aliphatic rings. The van der Waals surface area contributed by atoms with E-state index >= 15 is 0 Å². The number of anilines is 1. The summed E-state index contributed by atoms with van der Waals surface area (Å²) in [5.74, 6) is 0.652. The largest absolute Gasteiger partial charge is 0.465 e. The Kier molecular flexibility index (Phi) is 8.21. The number of benzene rings is 2. The molecule has 8 heteroatoms. The molecule has 4 aromatic rings. The van der Waals surface area contributed by atoms with Gasteiger partial charge in [0, 0.05) is 52.9 Å². The van der Waals surface area contributed by atoms with Gasteiger partial charge in [0.1, 0.15) is 22.7 Å². The van der Waals surface area contributed by atoms with E-state index in [2.05, 4.69) is 79.6 Å². The van der Waals surface area contributed by atoms with E-state index in [1.54, 1.807) is 6.20 Å². The predicted molar refractivity (Wildman–Crippen MR) is 171 cm³/mol. The van der Waals surface area contributed by atoms with Crippen LogP contribution in [0.3, 0.4) is 0 Å². The van der Waals surface area contributed by atoms with Gasteiger partial charge in [-0.25, -0.2) is 9.78 Å². The average Bonchev–Trinajstić information content (AvgIpc) is 3.47. The molecule has 2 fully saturated rings. The Morgan fingerprint density at radius 1 is 1.15 bits per heavy atom. The standard InChI is InChI=1S/C33H37IN4O3/c1-3-38(29(21-34)23-7-5-4-6-8-23)26-19-33(20-26)12-15-37(16-13-33)25-9-10-28(32(39)40-2)30(18-25)41-27-17-24-11-14-35-31(24)36-22-27/h4-11,14,17-18,22,26,29H,3,12-13,15-16,19-21H2,1-2H3,(H,35,36). The number of fused-ring (bicyclic) bond motifs is 1. The molecule has 0 bridgehead atoms. The number of halogens is 1. The minimum absolute atomic E-state index is 0.406. The molecule has 1 aliphatic heterocycles. The number of nitrogens with one attached hydrogen (secondary N) is 1. The minimum Gasteiger partial charge on any atom is -0.465 e. The molecule has 1 N–H and O–H groups in total. The fourth-order valence-electron chi connectivity index (χ4n) is 6.77. The molecule has 214 valence electrons. The first-order valence-electron chi connectivity index (χ1n) is 14.5. The second-order valence-electron chi connectivity index (χ2n) is 11.3. The Morgan fingerprint density at radius 3 is 2.63 bits per heavy atom. The number of hydrogen-bond donors (Lipinski definition) is 1. The molecule has 1 saturated heterocycles. The third-order valence-corrected chi connectivity index (χ3v) is 9.90. The van der Waals surface area contributed by atoms with Crippen LogP contribution >= 0.6 is 22.6 Å². The van der Waals surface area contributed by atoms with Gasteiger partial charge in [0.2, 0.25) is 0 Å². The highest BCUT2D eigenvalue weighted by Gasteiger charge is 2.48. The van der Waals surface area contributed by atoms with Crippen molar-refractivity contribution in [1.82, 2.24) is 14.9 Å².